The molecular formula is C6H9BO4. The fraction of sp³-hybridized carbons (Fsp3) is 0.333. The summed E-state index contributed by atoms with van der Waals surface area (Å²) in [6, 6.07) is 0. The maximum absolute atomic E-state index is 8.65. The fourth-order valence-corrected chi connectivity index (χ4v) is 0.701. The summed E-state index contributed by atoms with van der Waals surface area (Å²) >= 11 is 0. The number of allylic oxidation sites excluding steroid dienone is 2. The van der Waals surface area contributed by atoms with Gasteiger partial charge in [0.25, 0.3) is 0 Å². The van der Waals surface area contributed by atoms with Crippen molar-refractivity contribution >= 4 is 7.12 Å². The highest BCUT2D eigenvalue weighted by atomic mass is 16.7. The summed E-state index contributed by atoms with van der Waals surface area (Å²) < 4.78 is 9.71. The molecule has 0 saturated heterocycles. The molecule has 1 unspecified atom stereocenters. The van der Waals surface area contributed by atoms with Gasteiger partial charge in [0.1, 0.15) is 0 Å². The number of ether oxygens (including phenoxy) is 2. The molecule has 0 aromatic rings. The van der Waals surface area contributed by atoms with Gasteiger partial charge in [0.2, 0.25) is 6.29 Å². The lowest BCUT2D eigenvalue weighted by atomic mass is 9.79. The Morgan fingerprint density at radius 1 is 1.64 bits per heavy atom. The molecule has 0 amide bonds. The average molecular weight is 156 g/mol. The first-order valence-electron chi connectivity index (χ1n) is 3.16. The monoisotopic (exact) mass is 156 g/mol. The average Bonchev–Trinajstić information content (AvgIpc) is 2.05. The molecule has 0 fully saturated rings. The quantitative estimate of drug-likeness (QED) is 0.526. The molecule has 0 aliphatic carbocycles. The minimum absolute atomic E-state index is 0.318. The highest BCUT2D eigenvalue weighted by molar-refractivity contribution is 6.51. The third kappa shape index (κ3) is 2.08. The van der Waals surface area contributed by atoms with Crippen LogP contribution in [0.25, 0.3) is 0 Å². The molecule has 1 rings (SSSR count). The standard InChI is InChI=1S/C6H9BO4/c1-10-6-3-2-5(4-11-6)7(8)9/h2-4,6,8-9H,1H3. The Balaban J connectivity index is 2.53. The van der Waals surface area contributed by atoms with E-state index in [0.717, 1.165) is 0 Å². The molecule has 2 N–H and O–H groups in total. The van der Waals surface area contributed by atoms with Gasteiger partial charge in [-0.2, -0.15) is 0 Å². The summed E-state index contributed by atoms with van der Waals surface area (Å²) in [4.78, 5) is 0. The first-order valence-corrected chi connectivity index (χ1v) is 3.16. The Labute approximate surface area is 64.9 Å². The molecule has 60 valence electrons. The molecule has 1 heterocycles. The number of methoxy groups -OCH3 is 1. The molecule has 0 aromatic carbocycles. The molecule has 11 heavy (non-hydrogen) atoms. The predicted molar refractivity (Wildman–Crippen MR) is 39.3 cm³/mol. The summed E-state index contributed by atoms with van der Waals surface area (Å²) in [5, 5.41) is 17.3. The van der Waals surface area contributed by atoms with Crippen LogP contribution in [0.15, 0.2) is 23.9 Å². The van der Waals surface area contributed by atoms with Crippen LogP contribution in [-0.2, 0) is 9.47 Å². The van der Waals surface area contributed by atoms with E-state index in [2.05, 4.69) is 0 Å². The zero-order chi connectivity index (χ0) is 8.27. The molecule has 5 heteroatoms. The molecule has 4 nitrogen and oxygen atoms in total. The van der Waals surface area contributed by atoms with Crippen molar-refractivity contribution in [1.82, 2.24) is 0 Å². The van der Waals surface area contributed by atoms with Crippen molar-refractivity contribution in [2.75, 3.05) is 7.11 Å². The summed E-state index contributed by atoms with van der Waals surface area (Å²) in [6.07, 6.45) is 3.98. The van der Waals surface area contributed by atoms with E-state index < -0.39 is 13.4 Å². The van der Waals surface area contributed by atoms with Crippen molar-refractivity contribution < 1.29 is 19.5 Å². The zero-order valence-corrected chi connectivity index (χ0v) is 6.10. The molecule has 1 aliphatic rings. The van der Waals surface area contributed by atoms with Gasteiger partial charge >= 0.3 is 7.12 Å². The lowest BCUT2D eigenvalue weighted by Crippen LogP contribution is -2.20. The van der Waals surface area contributed by atoms with E-state index in [-0.39, 0.29) is 0 Å². The first-order chi connectivity index (χ1) is 5.24. The Morgan fingerprint density at radius 3 is 2.73 bits per heavy atom. The van der Waals surface area contributed by atoms with E-state index in [4.69, 9.17) is 19.5 Å². The zero-order valence-electron chi connectivity index (χ0n) is 6.10. The van der Waals surface area contributed by atoms with Gasteiger partial charge in [-0.15, -0.1) is 0 Å². The van der Waals surface area contributed by atoms with Crippen molar-refractivity contribution in [3.8, 4) is 0 Å². The molecule has 1 aliphatic heterocycles. The van der Waals surface area contributed by atoms with E-state index in [0.29, 0.717) is 5.47 Å². The van der Waals surface area contributed by atoms with Gasteiger partial charge in [-0.05, 0) is 6.08 Å². The molecule has 0 radical (unpaired) electrons. The maximum Gasteiger partial charge on any atom is 0.491 e. The summed E-state index contributed by atoms with van der Waals surface area (Å²) in [6.45, 7) is 0. The lowest BCUT2D eigenvalue weighted by Gasteiger charge is -2.15. The molecule has 0 saturated carbocycles. The van der Waals surface area contributed by atoms with Crippen LogP contribution in [0.3, 0.4) is 0 Å². The van der Waals surface area contributed by atoms with E-state index in [1.807, 2.05) is 0 Å². The van der Waals surface area contributed by atoms with Crippen LogP contribution in [0.2, 0.25) is 0 Å². The van der Waals surface area contributed by atoms with E-state index >= 15 is 0 Å². The van der Waals surface area contributed by atoms with Crippen LogP contribution in [0, 0.1) is 0 Å². The minimum Gasteiger partial charge on any atom is -0.469 e. The van der Waals surface area contributed by atoms with Crippen LogP contribution >= 0.6 is 0 Å². The Kier molecular flexibility index (Phi) is 2.70. The van der Waals surface area contributed by atoms with Crippen molar-refractivity contribution in [3.05, 3.63) is 23.9 Å². The smallest absolute Gasteiger partial charge is 0.469 e. The largest absolute Gasteiger partial charge is 0.491 e. The van der Waals surface area contributed by atoms with Gasteiger partial charge < -0.3 is 19.5 Å². The highest BCUT2D eigenvalue weighted by Gasteiger charge is 2.16. The lowest BCUT2D eigenvalue weighted by molar-refractivity contribution is -0.0483. The van der Waals surface area contributed by atoms with Crippen LogP contribution in [0.5, 0.6) is 0 Å². The predicted octanol–water partition coefficient (Wildman–Crippen LogP) is -0.559. The molecule has 0 spiro atoms. The highest BCUT2D eigenvalue weighted by Crippen LogP contribution is 2.10. The van der Waals surface area contributed by atoms with E-state index in [9.17, 15) is 0 Å². The summed E-state index contributed by atoms with van der Waals surface area (Å²) in [5.41, 5.74) is 0.318. The third-order valence-corrected chi connectivity index (χ3v) is 1.31. The first kappa shape index (κ1) is 8.32. The van der Waals surface area contributed by atoms with Crippen LogP contribution < -0.4 is 0 Å². The topological polar surface area (TPSA) is 58.9 Å². The Hall–Kier alpha value is -0.775. The molecular weight excluding hydrogens is 147 g/mol. The van der Waals surface area contributed by atoms with Crippen molar-refractivity contribution in [3.63, 3.8) is 0 Å². The second kappa shape index (κ2) is 3.57. The number of hydrogen-bond donors (Lipinski definition) is 2. The van der Waals surface area contributed by atoms with E-state index in [1.54, 1.807) is 12.2 Å². The SMILES string of the molecule is COC1C=CC(B(O)O)=CO1. The second-order valence-electron chi connectivity index (χ2n) is 2.09. The normalized spacial score (nSPS) is 22.5. The summed E-state index contributed by atoms with van der Waals surface area (Å²) in [7, 11) is 0.0208. The molecule has 0 bridgehead atoms. The number of rotatable bonds is 2. The third-order valence-electron chi connectivity index (χ3n) is 1.31. The van der Waals surface area contributed by atoms with Gasteiger partial charge in [-0.25, -0.2) is 0 Å². The van der Waals surface area contributed by atoms with Crippen molar-refractivity contribution in [2.45, 2.75) is 6.29 Å². The Morgan fingerprint density at radius 2 is 2.36 bits per heavy atom. The maximum atomic E-state index is 8.65. The van der Waals surface area contributed by atoms with Crippen LogP contribution in [0.4, 0.5) is 0 Å². The fourth-order valence-electron chi connectivity index (χ4n) is 0.701. The summed E-state index contributed by atoms with van der Waals surface area (Å²) in [5.74, 6) is 0. The van der Waals surface area contributed by atoms with Gasteiger partial charge in [-0.3, -0.25) is 0 Å². The van der Waals surface area contributed by atoms with E-state index in [1.165, 1.54) is 13.4 Å². The minimum atomic E-state index is -1.48. The van der Waals surface area contributed by atoms with Gasteiger partial charge in [0.05, 0.1) is 6.26 Å². The number of hydrogen-bond acceptors (Lipinski definition) is 4. The van der Waals surface area contributed by atoms with Crippen LogP contribution in [-0.4, -0.2) is 30.6 Å². The Bertz CT molecular complexity index is 187. The molecule has 0 aromatic heterocycles. The van der Waals surface area contributed by atoms with Gasteiger partial charge in [-0.1, -0.05) is 6.08 Å². The van der Waals surface area contributed by atoms with Gasteiger partial charge in [0.15, 0.2) is 0 Å². The molecule has 1 atom stereocenters. The van der Waals surface area contributed by atoms with Gasteiger partial charge in [0, 0.05) is 12.6 Å². The van der Waals surface area contributed by atoms with Crippen molar-refractivity contribution in [1.29, 1.82) is 0 Å². The van der Waals surface area contributed by atoms with Crippen LogP contribution in [0.1, 0.15) is 0 Å². The second-order valence-corrected chi connectivity index (χ2v) is 2.09. The van der Waals surface area contributed by atoms with Crippen molar-refractivity contribution in [2.24, 2.45) is 0 Å².